The van der Waals surface area contributed by atoms with Crippen molar-refractivity contribution in [2.45, 2.75) is 6.61 Å². The van der Waals surface area contributed by atoms with Crippen molar-refractivity contribution < 1.29 is 9.53 Å². The van der Waals surface area contributed by atoms with Crippen molar-refractivity contribution in [2.75, 3.05) is 0 Å². The van der Waals surface area contributed by atoms with Gasteiger partial charge in [-0.2, -0.15) is 0 Å². The van der Waals surface area contributed by atoms with E-state index in [1.54, 1.807) is 18.2 Å². The Hall–Kier alpha value is -1.48. The summed E-state index contributed by atoms with van der Waals surface area (Å²) in [5, 5.41) is 0.491. The summed E-state index contributed by atoms with van der Waals surface area (Å²) in [4.78, 5) is 10.7. The van der Waals surface area contributed by atoms with Crippen LogP contribution in [0.25, 0.3) is 6.08 Å². The summed E-state index contributed by atoms with van der Waals surface area (Å²) < 4.78 is 5.68. The van der Waals surface area contributed by atoms with Crippen LogP contribution in [-0.4, -0.2) is 5.24 Å². The van der Waals surface area contributed by atoms with Crippen molar-refractivity contribution in [1.82, 2.24) is 0 Å². The Morgan fingerprint density at radius 3 is 2.62 bits per heavy atom. The molecule has 0 aliphatic heterocycles. The van der Waals surface area contributed by atoms with Crippen molar-refractivity contribution in [3.8, 4) is 5.75 Å². The third kappa shape index (κ3) is 5.09. The Bertz CT molecular complexity index is 681. The highest BCUT2D eigenvalue weighted by molar-refractivity contribution is 6.66. The first-order valence-corrected chi connectivity index (χ1v) is 7.22. The Kier molecular flexibility index (Phi) is 5.68. The molecule has 0 saturated heterocycles. The maximum Gasteiger partial charge on any atom is 0.245 e. The van der Waals surface area contributed by atoms with Gasteiger partial charge in [-0.3, -0.25) is 4.79 Å². The molecular weight excluding hydrogens is 331 g/mol. The zero-order valence-electron chi connectivity index (χ0n) is 10.9. The maximum atomic E-state index is 10.7. The molecule has 0 amide bonds. The van der Waals surface area contributed by atoms with Crippen LogP contribution in [0.1, 0.15) is 11.1 Å². The van der Waals surface area contributed by atoms with E-state index in [9.17, 15) is 4.79 Å². The lowest BCUT2D eigenvalue weighted by Gasteiger charge is -2.08. The van der Waals surface area contributed by atoms with E-state index < -0.39 is 5.24 Å². The standard InChI is InChI=1S/C16H11Cl3O2/c17-14-6-4-12(9-15(14)18)10-21-13-3-1-2-11(8-13)5-7-16(19)20/h1-9H,10H2. The summed E-state index contributed by atoms with van der Waals surface area (Å²) in [5.41, 5.74) is 1.75. The second-order valence-corrected chi connectivity index (χ2v) is 5.43. The molecule has 5 heteroatoms. The van der Waals surface area contributed by atoms with Crippen LogP contribution >= 0.6 is 34.8 Å². The minimum absolute atomic E-state index is 0.374. The van der Waals surface area contributed by atoms with Gasteiger partial charge >= 0.3 is 0 Å². The number of benzene rings is 2. The number of halogens is 3. The molecule has 0 bridgehead atoms. The summed E-state index contributed by atoms with van der Waals surface area (Å²) >= 11 is 17.1. The van der Waals surface area contributed by atoms with Gasteiger partial charge in [0.05, 0.1) is 10.0 Å². The highest BCUT2D eigenvalue weighted by atomic mass is 35.5. The smallest absolute Gasteiger partial charge is 0.245 e. The van der Waals surface area contributed by atoms with Crippen LogP contribution in [0.15, 0.2) is 48.5 Å². The normalized spacial score (nSPS) is 10.8. The third-order valence-electron chi connectivity index (χ3n) is 2.65. The number of carbonyl (C=O) groups is 1. The monoisotopic (exact) mass is 340 g/mol. The molecular formula is C16H11Cl3O2. The van der Waals surface area contributed by atoms with Crippen molar-refractivity contribution >= 4 is 46.1 Å². The van der Waals surface area contributed by atoms with Gasteiger partial charge in [0.15, 0.2) is 0 Å². The average molecular weight is 342 g/mol. The van der Waals surface area contributed by atoms with Crippen LogP contribution in [0.4, 0.5) is 0 Å². The molecule has 0 atom stereocenters. The zero-order valence-corrected chi connectivity index (χ0v) is 13.1. The summed E-state index contributed by atoms with van der Waals surface area (Å²) in [6.07, 6.45) is 2.92. The first kappa shape index (κ1) is 15.9. The summed E-state index contributed by atoms with van der Waals surface area (Å²) in [6, 6.07) is 12.7. The Balaban J connectivity index is 2.04. The van der Waals surface area contributed by atoms with E-state index in [-0.39, 0.29) is 0 Å². The van der Waals surface area contributed by atoms with Crippen LogP contribution in [0.5, 0.6) is 5.75 Å². The highest BCUT2D eigenvalue weighted by Gasteiger charge is 2.01. The second kappa shape index (κ2) is 7.51. The van der Waals surface area contributed by atoms with Gasteiger partial charge in [-0.05, 0) is 53.1 Å². The predicted octanol–water partition coefficient (Wildman–Crippen LogP) is 5.35. The molecule has 108 valence electrons. The molecule has 2 aromatic carbocycles. The van der Waals surface area contributed by atoms with Crippen LogP contribution in [-0.2, 0) is 11.4 Å². The van der Waals surface area contributed by atoms with Crippen molar-refractivity contribution in [2.24, 2.45) is 0 Å². The third-order valence-corrected chi connectivity index (χ3v) is 3.52. The van der Waals surface area contributed by atoms with Crippen LogP contribution in [0, 0.1) is 0 Å². The number of carbonyl (C=O) groups excluding carboxylic acids is 1. The quantitative estimate of drug-likeness (QED) is 0.541. The molecule has 0 N–H and O–H groups in total. The predicted molar refractivity (Wildman–Crippen MR) is 87.1 cm³/mol. The Morgan fingerprint density at radius 1 is 1.10 bits per heavy atom. The molecule has 2 nitrogen and oxygen atoms in total. The van der Waals surface area contributed by atoms with Crippen molar-refractivity contribution in [3.05, 3.63) is 69.7 Å². The number of ether oxygens (including phenoxy) is 1. The number of rotatable bonds is 5. The molecule has 0 heterocycles. The summed E-state index contributed by atoms with van der Waals surface area (Å²) in [6.45, 7) is 0.374. The molecule has 0 spiro atoms. The summed E-state index contributed by atoms with van der Waals surface area (Å²) in [7, 11) is 0. The van der Waals surface area contributed by atoms with E-state index in [2.05, 4.69) is 0 Å². The molecule has 2 rings (SSSR count). The molecule has 2 aromatic rings. The lowest BCUT2D eigenvalue weighted by Crippen LogP contribution is -1.95. The molecule has 0 saturated carbocycles. The molecule has 0 aliphatic rings. The van der Waals surface area contributed by atoms with Gasteiger partial charge in [-0.15, -0.1) is 0 Å². The van der Waals surface area contributed by atoms with Gasteiger partial charge in [0.1, 0.15) is 12.4 Å². The zero-order chi connectivity index (χ0) is 15.2. The molecule has 0 aromatic heterocycles. The number of hydrogen-bond acceptors (Lipinski definition) is 2. The number of hydrogen-bond donors (Lipinski definition) is 0. The average Bonchev–Trinajstić information content (AvgIpc) is 2.47. The minimum atomic E-state index is -0.517. The molecule has 0 unspecified atom stereocenters. The maximum absolute atomic E-state index is 10.7. The van der Waals surface area contributed by atoms with Crippen molar-refractivity contribution in [3.63, 3.8) is 0 Å². The molecule has 0 radical (unpaired) electrons. The van der Waals surface area contributed by atoms with Gasteiger partial charge in [0, 0.05) is 0 Å². The van der Waals surface area contributed by atoms with Gasteiger partial charge in [-0.1, -0.05) is 47.5 Å². The first-order chi connectivity index (χ1) is 10.0. The Morgan fingerprint density at radius 2 is 1.90 bits per heavy atom. The van der Waals surface area contributed by atoms with Gasteiger partial charge in [-0.25, -0.2) is 0 Å². The summed E-state index contributed by atoms with van der Waals surface area (Å²) in [5.74, 6) is 0.685. The fourth-order valence-electron chi connectivity index (χ4n) is 1.67. The first-order valence-electron chi connectivity index (χ1n) is 6.09. The van der Waals surface area contributed by atoms with Crippen LogP contribution in [0.2, 0.25) is 10.0 Å². The highest BCUT2D eigenvalue weighted by Crippen LogP contribution is 2.23. The largest absolute Gasteiger partial charge is 0.489 e. The van der Waals surface area contributed by atoms with Crippen LogP contribution < -0.4 is 4.74 Å². The number of allylic oxidation sites excluding steroid dienone is 1. The molecule has 0 aliphatic carbocycles. The van der Waals surface area contributed by atoms with E-state index in [0.717, 1.165) is 11.1 Å². The molecule has 21 heavy (non-hydrogen) atoms. The fourth-order valence-corrected chi connectivity index (χ4v) is 2.05. The van der Waals surface area contributed by atoms with E-state index >= 15 is 0 Å². The van der Waals surface area contributed by atoms with E-state index in [1.165, 1.54) is 6.08 Å². The lowest BCUT2D eigenvalue weighted by molar-refractivity contribution is -0.107. The topological polar surface area (TPSA) is 26.3 Å². The van der Waals surface area contributed by atoms with Gasteiger partial charge < -0.3 is 4.74 Å². The second-order valence-electron chi connectivity index (χ2n) is 4.25. The SMILES string of the molecule is O=C(Cl)C=Cc1cccc(OCc2ccc(Cl)c(Cl)c2)c1. The van der Waals surface area contributed by atoms with E-state index in [1.807, 2.05) is 30.3 Å². The fraction of sp³-hybridized carbons (Fsp3) is 0.0625. The lowest BCUT2D eigenvalue weighted by atomic mass is 10.2. The Labute approximate surface area is 137 Å². The van der Waals surface area contributed by atoms with Gasteiger partial charge in [0.25, 0.3) is 0 Å². The van der Waals surface area contributed by atoms with Gasteiger partial charge in [0.2, 0.25) is 5.24 Å². The van der Waals surface area contributed by atoms with E-state index in [4.69, 9.17) is 39.5 Å². The van der Waals surface area contributed by atoms with Crippen molar-refractivity contribution in [1.29, 1.82) is 0 Å². The van der Waals surface area contributed by atoms with Crippen LogP contribution in [0.3, 0.4) is 0 Å². The minimum Gasteiger partial charge on any atom is -0.489 e. The van der Waals surface area contributed by atoms with E-state index in [0.29, 0.717) is 22.4 Å². The molecule has 0 fully saturated rings.